The van der Waals surface area contributed by atoms with Crippen molar-refractivity contribution in [2.45, 2.75) is 81.9 Å². The van der Waals surface area contributed by atoms with E-state index in [1.807, 2.05) is 13.0 Å². The number of Topliss-reactive ketones (excluding diaryl/α,β-unsaturated/α-hetero) is 1. The summed E-state index contributed by atoms with van der Waals surface area (Å²) >= 11 is 7.41. The Labute approximate surface area is 265 Å². The standard InChI is InChI=1S/C30H41ClN2O12/c1-17-12-21-20-7-6-18-13-19(34)8-9-27(18,2)29(20,31)23(35)14-28(21,3)30(17,39)24(36)16-44-26(38)43-15-22(32)25(37)42-10-4-5-11-45-33(40)41/h6,8-9,17,20-23,35,39H,4-5,7,10-16,32H2,1-3H3/t17-,20-,21-,22?,23-,27-,28-,29-,30-/m0/s1. The second-order valence-electron chi connectivity index (χ2n) is 13.0. The maximum Gasteiger partial charge on any atom is 0.508 e. The summed E-state index contributed by atoms with van der Waals surface area (Å²) in [4.78, 5) is 63.1. The fourth-order valence-electron chi connectivity index (χ4n) is 8.17. The lowest BCUT2D eigenvalue weighted by atomic mass is 9.46. The van der Waals surface area contributed by atoms with E-state index >= 15 is 0 Å². The number of carbonyl (C=O) groups excluding carboxylic acids is 4. The molecule has 250 valence electrons. The number of aliphatic hydroxyl groups is 2. The lowest BCUT2D eigenvalue weighted by Crippen LogP contribution is -2.68. The Kier molecular flexibility index (Phi) is 10.0. The van der Waals surface area contributed by atoms with Crippen molar-refractivity contribution in [2.24, 2.45) is 34.3 Å². The summed E-state index contributed by atoms with van der Waals surface area (Å²) in [5.74, 6) is -2.79. The molecular weight excluding hydrogens is 616 g/mol. The molecule has 14 nitrogen and oxygen atoms in total. The molecule has 0 amide bonds. The van der Waals surface area contributed by atoms with Gasteiger partial charge in [-0.1, -0.05) is 38.5 Å². The number of fused-ring (bicyclic) bond motifs is 5. The number of rotatable bonds is 12. The highest BCUT2D eigenvalue weighted by atomic mass is 35.5. The molecule has 4 N–H and O–H groups in total. The van der Waals surface area contributed by atoms with Gasteiger partial charge in [0.2, 0.25) is 5.78 Å². The topological polar surface area (TPSA) is 215 Å². The van der Waals surface area contributed by atoms with Crippen LogP contribution in [0.15, 0.2) is 23.8 Å². The van der Waals surface area contributed by atoms with Gasteiger partial charge in [-0.15, -0.1) is 21.7 Å². The number of halogens is 1. The SMILES string of the molecule is C[C@H]1C[C@H]2[C@@H]3CC=C4CC(=O)C=C[C@]4(C)[C@@]3(Cl)[C@@H](O)C[C@]2(C)[C@@]1(O)C(=O)COC(=O)OCC(N)C(=O)OCCCCO[N+](=O)[O-]. The van der Waals surface area contributed by atoms with E-state index in [0.717, 1.165) is 5.57 Å². The number of hydrogen-bond donors (Lipinski definition) is 3. The van der Waals surface area contributed by atoms with Crippen molar-refractivity contribution in [2.75, 3.05) is 26.4 Å². The van der Waals surface area contributed by atoms with Crippen LogP contribution >= 0.6 is 11.6 Å². The van der Waals surface area contributed by atoms with Gasteiger partial charge in [-0.3, -0.25) is 14.4 Å². The zero-order valence-corrected chi connectivity index (χ0v) is 26.3. The molecule has 4 rings (SSSR count). The number of esters is 1. The first-order valence-corrected chi connectivity index (χ1v) is 15.4. The predicted octanol–water partition coefficient (Wildman–Crippen LogP) is 2.18. The van der Waals surface area contributed by atoms with E-state index in [1.165, 1.54) is 6.08 Å². The normalized spacial score (nSPS) is 37.3. The smallest absolute Gasteiger partial charge is 0.464 e. The van der Waals surface area contributed by atoms with Crippen molar-refractivity contribution >= 4 is 35.3 Å². The first kappa shape index (κ1) is 34.8. The number of unbranched alkanes of at least 4 members (excludes halogenated alkanes) is 1. The molecule has 0 aromatic heterocycles. The van der Waals surface area contributed by atoms with E-state index in [-0.39, 0.29) is 56.5 Å². The number of aliphatic hydroxyl groups excluding tert-OH is 1. The minimum atomic E-state index is -1.95. The van der Waals surface area contributed by atoms with E-state index in [1.54, 1.807) is 19.9 Å². The molecule has 1 unspecified atom stereocenters. The highest BCUT2D eigenvalue weighted by Crippen LogP contribution is 2.70. The zero-order valence-electron chi connectivity index (χ0n) is 25.6. The number of hydrogen-bond acceptors (Lipinski definition) is 13. The molecule has 15 heteroatoms. The van der Waals surface area contributed by atoms with Gasteiger partial charge >= 0.3 is 12.1 Å². The Bertz CT molecular complexity index is 1290. The molecule has 9 atom stereocenters. The fraction of sp³-hybridized carbons (Fsp3) is 0.733. The molecule has 0 spiro atoms. The van der Waals surface area contributed by atoms with Gasteiger partial charge in [0.25, 0.3) is 5.09 Å². The lowest BCUT2D eigenvalue weighted by Gasteiger charge is -2.63. The van der Waals surface area contributed by atoms with E-state index < -0.39 is 75.6 Å². The third-order valence-corrected chi connectivity index (χ3v) is 11.5. The first-order valence-electron chi connectivity index (χ1n) is 15.1. The highest BCUT2D eigenvalue weighted by Gasteiger charge is 2.74. The summed E-state index contributed by atoms with van der Waals surface area (Å²) in [5, 5.41) is 32.9. The molecule has 0 aromatic carbocycles. The maximum atomic E-state index is 13.6. The summed E-state index contributed by atoms with van der Waals surface area (Å²) < 4.78 is 14.8. The van der Waals surface area contributed by atoms with Crippen molar-refractivity contribution in [1.82, 2.24) is 0 Å². The van der Waals surface area contributed by atoms with Crippen LogP contribution < -0.4 is 5.73 Å². The number of ketones is 2. The summed E-state index contributed by atoms with van der Waals surface area (Å²) in [6.45, 7) is 3.79. The number of ether oxygens (including phenoxy) is 3. The quantitative estimate of drug-likeness (QED) is 0.0686. The third kappa shape index (κ3) is 5.97. The molecule has 4 aliphatic rings. The van der Waals surface area contributed by atoms with E-state index in [0.29, 0.717) is 12.8 Å². The third-order valence-electron chi connectivity index (χ3n) is 10.6. The monoisotopic (exact) mass is 656 g/mol. The second kappa shape index (κ2) is 13.0. The second-order valence-corrected chi connectivity index (χ2v) is 13.6. The molecular formula is C30H41ClN2O12. The van der Waals surface area contributed by atoms with Crippen molar-refractivity contribution in [3.63, 3.8) is 0 Å². The molecule has 0 radical (unpaired) electrons. The minimum Gasteiger partial charge on any atom is -0.464 e. The minimum absolute atomic E-state index is 0.0130. The number of carbonyl (C=O) groups is 4. The number of nitrogens with two attached hydrogens (primary N) is 1. The predicted molar refractivity (Wildman–Crippen MR) is 156 cm³/mol. The van der Waals surface area contributed by atoms with Crippen molar-refractivity contribution in [3.05, 3.63) is 33.9 Å². The van der Waals surface area contributed by atoms with Crippen LogP contribution in [0.5, 0.6) is 0 Å². The maximum absolute atomic E-state index is 13.6. The molecule has 2 saturated carbocycles. The largest absolute Gasteiger partial charge is 0.508 e. The Morgan fingerprint density at radius 3 is 2.56 bits per heavy atom. The molecule has 0 heterocycles. The van der Waals surface area contributed by atoms with Crippen LogP contribution in [0.25, 0.3) is 0 Å². The molecule has 4 aliphatic carbocycles. The molecule has 0 aromatic rings. The molecule has 0 saturated heterocycles. The molecule has 2 fully saturated rings. The van der Waals surface area contributed by atoms with Gasteiger partial charge in [0, 0.05) is 17.3 Å². The number of allylic oxidation sites excluding steroid dienone is 4. The number of alkyl halides is 1. The Hall–Kier alpha value is -3.07. The summed E-state index contributed by atoms with van der Waals surface area (Å²) in [5.41, 5.74) is 2.70. The van der Waals surface area contributed by atoms with Crippen LogP contribution in [0, 0.1) is 38.7 Å². The lowest BCUT2D eigenvalue weighted by molar-refractivity contribution is -0.757. The first-order chi connectivity index (χ1) is 21.0. The Morgan fingerprint density at radius 1 is 1.18 bits per heavy atom. The van der Waals surface area contributed by atoms with E-state index in [9.17, 15) is 39.5 Å². The Balaban J connectivity index is 1.34. The van der Waals surface area contributed by atoms with Gasteiger partial charge in [-0.2, -0.15) is 0 Å². The van der Waals surface area contributed by atoms with Gasteiger partial charge in [0.15, 0.2) is 12.4 Å². The van der Waals surface area contributed by atoms with Crippen LogP contribution in [0.2, 0.25) is 0 Å². The summed E-state index contributed by atoms with van der Waals surface area (Å²) in [7, 11) is 0. The fourth-order valence-corrected chi connectivity index (χ4v) is 8.67. The van der Waals surface area contributed by atoms with Gasteiger partial charge in [-0.05, 0) is 55.9 Å². The highest BCUT2D eigenvalue weighted by molar-refractivity contribution is 6.26. The van der Waals surface area contributed by atoms with Crippen molar-refractivity contribution in [1.29, 1.82) is 0 Å². The average molecular weight is 657 g/mol. The van der Waals surface area contributed by atoms with Crippen LogP contribution in [0.4, 0.5) is 4.79 Å². The average Bonchev–Trinajstić information content (AvgIpc) is 3.18. The summed E-state index contributed by atoms with van der Waals surface area (Å²) in [6, 6.07) is -1.34. The molecule has 0 bridgehead atoms. The van der Waals surface area contributed by atoms with Crippen LogP contribution in [-0.2, 0) is 33.4 Å². The molecule has 45 heavy (non-hydrogen) atoms. The zero-order chi connectivity index (χ0) is 33.4. The Morgan fingerprint density at radius 2 is 1.87 bits per heavy atom. The van der Waals surface area contributed by atoms with Crippen LogP contribution in [0.1, 0.15) is 59.3 Å². The number of nitrogens with zero attached hydrogens (tertiary/aromatic N) is 1. The molecule has 0 aliphatic heterocycles. The van der Waals surface area contributed by atoms with Gasteiger partial charge in [-0.25, -0.2) is 4.79 Å². The van der Waals surface area contributed by atoms with Crippen molar-refractivity contribution < 1.29 is 53.5 Å². The van der Waals surface area contributed by atoms with Crippen LogP contribution in [0.3, 0.4) is 0 Å². The van der Waals surface area contributed by atoms with Gasteiger partial charge < -0.3 is 35.0 Å². The summed E-state index contributed by atoms with van der Waals surface area (Å²) in [6.07, 6.45) is 4.60. The van der Waals surface area contributed by atoms with Crippen LogP contribution in [-0.4, -0.2) is 88.0 Å². The van der Waals surface area contributed by atoms with Gasteiger partial charge in [0.05, 0.1) is 24.2 Å². The van der Waals surface area contributed by atoms with Crippen molar-refractivity contribution in [3.8, 4) is 0 Å². The van der Waals surface area contributed by atoms with E-state index in [4.69, 9.17) is 31.5 Å². The van der Waals surface area contributed by atoms with Gasteiger partial charge in [0.1, 0.15) is 18.2 Å². The van der Waals surface area contributed by atoms with E-state index in [2.05, 4.69) is 4.84 Å².